The van der Waals surface area contributed by atoms with Gasteiger partial charge in [0.25, 0.3) is 0 Å². The lowest BCUT2D eigenvalue weighted by Crippen LogP contribution is -2.25. The summed E-state index contributed by atoms with van der Waals surface area (Å²) < 4.78 is 0. The molecule has 1 aliphatic rings. The highest BCUT2D eigenvalue weighted by molar-refractivity contribution is 5.84. The topological polar surface area (TPSA) is 54.4 Å². The lowest BCUT2D eigenvalue weighted by Gasteiger charge is -2.20. The van der Waals surface area contributed by atoms with Crippen LogP contribution in [0.15, 0.2) is 12.2 Å². The third-order valence-electron chi connectivity index (χ3n) is 3.48. The van der Waals surface area contributed by atoms with Crippen molar-refractivity contribution in [3.63, 3.8) is 0 Å². The highest BCUT2D eigenvalue weighted by atomic mass is 16.4. The summed E-state index contributed by atoms with van der Waals surface area (Å²) in [5.41, 5.74) is 0. The van der Waals surface area contributed by atoms with E-state index in [1.165, 1.54) is 0 Å². The number of hydrogen-bond acceptors (Lipinski definition) is 2. The van der Waals surface area contributed by atoms with E-state index in [1.807, 2.05) is 19.1 Å². The van der Waals surface area contributed by atoms with E-state index in [2.05, 4.69) is 0 Å². The predicted molar refractivity (Wildman–Crippen MR) is 62.1 cm³/mol. The number of carboxylic acid groups (broad SMARTS) is 1. The number of carbonyl (C=O) groups is 2. The van der Waals surface area contributed by atoms with Gasteiger partial charge in [-0.25, -0.2) is 0 Å². The minimum absolute atomic E-state index is 0.0199. The lowest BCUT2D eigenvalue weighted by atomic mass is 9.83. The number of allylic oxidation sites excluding steroid dienone is 2. The van der Waals surface area contributed by atoms with E-state index in [9.17, 15) is 9.59 Å². The van der Waals surface area contributed by atoms with Crippen LogP contribution in [0.3, 0.4) is 0 Å². The number of Topliss-reactive ketones (excluding diaryl/α,β-unsaturated/α-hetero) is 1. The number of rotatable bonds is 5. The largest absolute Gasteiger partial charge is 0.481 e. The highest BCUT2D eigenvalue weighted by Gasteiger charge is 2.39. The van der Waals surface area contributed by atoms with E-state index in [1.54, 1.807) is 6.92 Å². The molecule has 0 saturated heterocycles. The summed E-state index contributed by atoms with van der Waals surface area (Å²) in [6.07, 6.45) is 6.99. The molecule has 0 amide bonds. The third kappa shape index (κ3) is 2.94. The first-order chi connectivity index (χ1) is 7.57. The second kappa shape index (κ2) is 5.83. The molecule has 1 fully saturated rings. The van der Waals surface area contributed by atoms with E-state index >= 15 is 0 Å². The van der Waals surface area contributed by atoms with Gasteiger partial charge in [-0.1, -0.05) is 26.0 Å². The number of carboxylic acids is 1. The molecule has 3 atom stereocenters. The summed E-state index contributed by atoms with van der Waals surface area (Å²) >= 11 is 0. The Hall–Kier alpha value is -1.12. The maximum absolute atomic E-state index is 11.7. The average Bonchev–Trinajstić information content (AvgIpc) is 2.60. The lowest BCUT2D eigenvalue weighted by molar-refractivity contribution is -0.143. The molecule has 0 aromatic rings. The molecule has 0 bridgehead atoms. The van der Waals surface area contributed by atoms with Gasteiger partial charge in [-0.2, -0.15) is 0 Å². The SMILES string of the molecule is CC/C=C\C[C@@H]1C(=O)CC[C@@H]1C(C)C(=O)O. The molecule has 1 aliphatic carbocycles. The first kappa shape index (κ1) is 12.9. The van der Waals surface area contributed by atoms with Crippen LogP contribution < -0.4 is 0 Å². The van der Waals surface area contributed by atoms with E-state index in [0.29, 0.717) is 12.8 Å². The summed E-state index contributed by atoms with van der Waals surface area (Å²) in [4.78, 5) is 22.6. The molecule has 16 heavy (non-hydrogen) atoms. The minimum Gasteiger partial charge on any atom is -0.481 e. The molecule has 0 aromatic carbocycles. The Morgan fingerprint density at radius 1 is 1.56 bits per heavy atom. The van der Waals surface area contributed by atoms with E-state index in [0.717, 1.165) is 12.8 Å². The number of carbonyl (C=O) groups excluding carboxylic acids is 1. The van der Waals surface area contributed by atoms with Crippen LogP contribution in [0.25, 0.3) is 0 Å². The molecule has 0 spiro atoms. The fourth-order valence-electron chi connectivity index (χ4n) is 2.43. The average molecular weight is 224 g/mol. The van der Waals surface area contributed by atoms with Crippen molar-refractivity contribution in [1.82, 2.24) is 0 Å². The molecule has 1 saturated carbocycles. The van der Waals surface area contributed by atoms with Crippen LogP contribution in [0.4, 0.5) is 0 Å². The smallest absolute Gasteiger partial charge is 0.306 e. The standard InChI is InChI=1S/C13H20O3/c1-3-4-5-6-11-10(7-8-12(11)14)9(2)13(15)16/h4-5,9-11H,3,6-8H2,1-2H3,(H,15,16)/b5-4-/t9?,10-,11+/m1/s1. The molecular weight excluding hydrogens is 204 g/mol. The van der Waals surface area contributed by atoms with Crippen LogP contribution in [0, 0.1) is 17.8 Å². The van der Waals surface area contributed by atoms with Gasteiger partial charge in [0.05, 0.1) is 5.92 Å². The second-order valence-electron chi connectivity index (χ2n) is 4.52. The number of hydrogen-bond donors (Lipinski definition) is 1. The Labute approximate surface area is 96.5 Å². The zero-order chi connectivity index (χ0) is 12.1. The van der Waals surface area contributed by atoms with Crippen LogP contribution in [0.1, 0.15) is 39.5 Å². The summed E-state index contributed by atoms with van der Waals surface area (Å²) in [5, 5.41) is 8.99. The van der Waals surface area contributed by atoms with Crippen molar-refractivity contribution in [2.45, 2.75) is 39.5 Å². The predicted octanol–water partition coefficient (Wildman–Crippen LogP) is 2.66. The van der Waals surface area contributed by atoms with Crippen molar-refractivity contribution in [1.29, 1.82) is 0 Å². The second-order valence-corrected chi connectivity index (χ2v) is 4.52. The monoisotopic (exact) mass is 224 g/mol. The van der Waals surface area contributed by atoms with Crippen molar-refractivity contribution < 1.29 is 14.7 Å². The van der Waals surface area contributed by atoms with Crippen molar-refractivity contribution in [2.24, 2.45) is 17.8 Å². The summed E-state index contributed by atoms with van der Waals surface area (Å²) in [7, 11) is 0. The number of ketones is 1. The molecule has 3 nitrogen and oxygen atoms in total. The first-order valence-electron chi connectivity index (χ1n) is 5.98. The van der Waals surface area contributed by atoms with Crippen molar-refractivity contribution in [2.75, 3.05) is 0 Å². The molecule has 0 heterocycles. The Morgan fingerprint density at radius 2 is 2.25 bits per heavy atom. The van der Waals surface area contributed by atoms with E-state index in [-0.39, 0.29) is 17.6 Å². The van der Waals surface area contributed by atoms with Gasteiger partial charge in [-0.15, -0.1) is 0 Å². The minimum atomic E-state index is -0.788. The van der Waals surface area contributed by atoms with Gasteiger partial charge in [0.15, 0.2) is 0 Å². The van der Waals surface area contributed by atoms with Crippen molar-refractivity contribution in [3.8, 4) is 0 Å². The van der Waals surface area contributed by atoms with Gasteiger partial charge in [-0.3, -0.25) is 9.59 Å². The molecule has 1 rings (SSSR count). The van der Waals surface area contributed by atoms with Gasteiger partial charge in [0, 0.05) is 12.3 Å². The number of aliphatic carboxylic acids is 1. The molecule has 0 aliphatic heterocycles. The summed E-state index contributed by atoms with van der Waals surface area (Å²) in [5.74, 6) is -1.02. The quantitative estimate of drug-likeness (QED) is 0.730. The molecule has 0 radical (unpaired) electrons. The van der Waals surface area contributed by atoms with Crippen LogP contribution in [-0.4, -0.2) is 16.9 Å². The van der Waals surface area contributed by atoms with Crippen molar-refractivity contribution >= 4 is 11.8 Å². The fourth-order valence-corrected chi connectivity index (χ4v) is 2.43. The van der Waals surface area contributed by atoms with Crippen LogP contribution in [0.5, 0.6) is 0 Å². The Kier molecular flexibility index (Phi) is 4.71. The van der Waals surface area contributed by atoms with Crippen LogP contribution in [-0.2, 0) is 9.59 Å². The first-order valence-corrected chi connectivity index (χ1v) is 5.98. The molecule has 0 aromatic heterocycles. The van der Waals surface area contributed by atoms with Crippen LogP contribution in [0.2, 0.25) is 0 Å². The Balaban J connectivity index is 2.66. The molecule has 1 unspecified atom stereocenters. The third-order valence-corrected chi connectivity index (χ3v) is 3.48. The Morgan fingerprint density at radius 3 is 2.81 bits per heavy atom. The van der Waals surface area contributed by atoms with E-state index in [4.69, 9.17) is 5.11 Å². The molecule has 90 valence electrons. The molecule has 1 N–H and O–H groups in total. The summed E-state index contributed by atoms with van der Waals surface area (Å²) in [6.45, 7) is 3.76. The summed E-state index contributed by atoms with van der Waals surface area (Å²) in [6, 6.07) is 0. The van der Waals surface area contributed by atoms with Gasteiger partial charge >= 0.3 is 5.97 Å². The normalized spacial score (nSPS) is 27.5. The van der Waals surface area contributed by atoms with Gasteiger partial charge in [0.1, 0.15) is 5.78 Å². The zero-order valence-electron chi connectivity index (χ0n) is 9.98. The molecule has 3 heteroatoms. The molecular formula is C13H20O3. The fraction of sp³-hybridized carbons (Fsp3) is 0.692. The maximum atomic E-state index is 11.7. The van der Waals surface area contributed by atoms with Gasteiger partial charge in [0.2, 0.25) is 0 Å². The van der Waals surface area contributed by atoms with Gasteiger partial charge in [-0.05, 0) is 25.2 Å². The van der Waals surface area contributed by atoms with Crippen molar-refractivity contribution in [3.05, 3.63) is 12.2 Å². The van der Waals surface area contributed by atoms with Crippen LogP contribution >= 0.6 is 0 Å². The Bertz CT molecular complexity index is 294. The zero-order valence-corrected chi connectivity index (χ0v) is 9.98. The highest BCUT2D eigenvalue weighted by Crippen LogP contribution is 2.36. The van der Waals surface area contributed by atoms with E-state index < -0.39 is 11.9 Å². The maximum Gasteiger partial charge on any atom is 0.306 e. The van der Waals surface area contributed by atoms with Gasteiger partial charge < -0.3 is 5.11 Å².